The molecule has 4 N–H and O–H groups in total. The molecule has 0 radical (unpaired) electrons. The summed E-state index contributed by atoms with van der Waals surface area (Å²) in [5.74, 6) is 0.542. The predicted molar refractivity (Wildman–Crippen MR) is 78.3 cm³/mol. The summed E-state index contributed by atoms with van der Waals surface area (Å²) in [6.45, 7) is 3.30. The molecule has 0 bridgehead atoms. The number of nitrogens with two attached hydrogens (primary N) is 1. The zero-order chi connectivity index (χ0) is 13.7. The average Bonchev–Trinajstić information content (AvgIpc) is 2.98. The first kappa shape index (κ1) is 13.9. The van der Waals surface area contributed by atoms with Crippen LogP contribution in [0.4, 0.5) is 0 Å². The molecular formula is C13H20N4OS. The summed E-state index contributed by atoms with van der Waals surface area (Å²) < 4.78 is 0. The van der Waals surface area contributed by atoms with Crippen molar-refractivity contribution >= 4 is 23.2 Å². The van der Waals surface area contributed by atoms with Crippen molar-refractivity contribution in [2.24, 2.45) is 10.7 Å². The monoisotopic (exact) mass is 280 g/mol. The lowest BCUT2D eigenvalue weighted by Gasteiger charge is -2.21. The molecule has 1 aliphatic heterocycles. The molecule has 1 saturated heterocycles. The molecule has 1 unspecified atom stereocenters. The molecular weight excluding hydrogens is 260 g/mol. The molecule has 1 atom stereocenters. The summed E-state index contributed by atoms with van der Waals surface area (Å²) in [6.07, 6.45) is 2.34. The maximum atomic E-state index is 11.2. The minimum Gasteiger partial charge on any atom is -0.370 e. The van der Waals surface area contributed by atoms with Gasteiger partial charge in [0.1, 0.15) is 0 Å². The average molecular weight is 280 g/mol. The third kappa shape index (κ3) is 4.24. The number of amides is 1. The quantitative estimate of drug-likeness (QED) is 0.553. The maximum absolute atomic E-state index is 11.2. The van der Waals surface area contributed by atoms with Gasteiger partial charge in [-0.05, 0) is 31.2 Å². The molecule has 1 aromatic heterocycles. The smallest absolute Gasteiger partial charge is 0.220 e. The molecule has 19 heavy (non-hydrogen) atoms. The van der Waals surface area contributed by atoms with Crippen molar-refractivity contribution in [3.63, 3.8) is 0 Å². The summed E-state index contributed by atoms with van der Waals surface area (Å²) >= 11 is 1.74. The SMILES string of the molecule is CC1(CN=C(N)NCCc2cccs2)CCC(=O)N1. The molecule has 1 aromatic rings. The Morgan fingerprint density at radius 1 is 1.68 bits per heavy atom. The molecule has 0 spiro atoms. The van der Waals surface area contributed by atoms with E-state index in [4.69, 9.17) is 5.73 Å². The molecule has 5 nitrogen and oxygen atoms in total. The number of hydrogen-bond acceptors (Lipinski definition) is 3. The van der Waals surface area contributed by atoms with E-state index in [-0.39, 0.29) is 11.4 Å². The first-order valence-electron chi connectivity index (χ1n) is 6.45. The molecule has 1 amide bonds. The molecule has 1 aliphatic rings. The Balaban J connectivity index is 1.72. The van der Waals surface area contributed by atoms with Crippen LogP contribution in [-0.4, -0.2) is 30.5 Å². The highest BCUT2D eigenvalue weighted by molar-refractivity contribution is 7.09. The fourth-order valence-electron chi connectivity index (χ4n) is 2.05. The number of carbonyl (C=O) groups is 1. The topological polar surface area (TPSA) is 79.5 Å². The van der Waals surface area contributed by atoms with Gasteiger partial charge >= 0.3 is 0 Å². The van der Waals surface area contributed by atoms with Gasteiger partial charge in [-0.25, -0.2) is 0 Å². The van der Waals surface area contributed by atoms with Crippen molar-refractivity contribution in [1.29, 1.82) is 0 Å². The Morgan fingerprint density at radius 2 is 2.53 bits per heavy atom. The van der Waals surface area contributed by atoms with E-state index >= 15 is 0 Å². The second-order valence-corrected chi connectivity index (χ2v) is 6.10. The van der Waals surface area contributed by atoms with E-state index in [1.54, 1.807) is 11.3 Å². The Morgan fingerprint density at radius 3 is 3.16 bits per heavy atom. The molecule has 0 saturated carbocycles. The predicted octanol–water partition coefficient (Wildman–Crippen LogP) is 0.864. The van der Waals surface area contributed by atoms with Gasteiger partial charge in [0.15, 0.2) is 5.96 Å². The maximum Gasteiger partial charge on any atom is 0.220 e. The van der Waals surface area contributed by atoms with Crippen LogP contribution in [0.15, 0.2) is 22.5 Å². The van der Waals surface area contributed by atoms with E-state index in [1.807, 2.05) is 13.0 Å². The van der Waals surface area contributed by atoms with Crippen LogP contribution in [0, 0.1) is 0 Å². The molecule has 1 fully saturated rings. The van der Waals surface area contributed by atoms with Gasteiger partial charge in [0.2, 0.25) is 5.91 Å². The van der Waals surface area contributed by atoms with Crippen LogP contribution in [0.1, 0.15) is 24.6 Å². The summed E-state index contributed by atoms with van der Waals surface area (Å²) in [6, 6.07) is 4.15. The number of aliphatic imine (C=N–C) groups is 1. The van der Waals surface area contributed by atoms with Crippen molar-refractivity contribution in [2.75, 3.05) is 13.1 Å². The second kappa shape index (κ2) is 6.06. The van der Waals surface area contributed by atoms with E-state index in [1.165, 1.54) is 4.88 Å². The summed E-state index contributed by atoms with van der Waals surface area (Å²) in [7, 11) is 0. The number of guanidine groups is 1. The fourth-order valence-corrected chi connectivity index (χ4v) is 2.76. The van der Waals surface area contributed by atoms with Crippen LogP contribution < -0.4 is 16.4 Å². The van der Waals surface area contributed by atoms with Gasteiger partial charge in [0.25, 0.3) is 0 Å². The van der Waals surface area contributed by atoms with E-state index in [9.17, 15) is 4.79 Å². The van der Waals surface area contributed by atoms with Crippen LogP contribution in [0.25, 0.3) is 0 Å². The van der Waals surface area contributed by atoms with E-state index in [0.717, 1.165) is 19.4 Å². The first-order valence-corrected chi connectivity index (χ1v) is 7.33. The zero-order valence-electron chi connectivity index (χ0n) is 11.1. The van der Waals surface area contributed by atoms with Gasteiger partial charge in [-0.15, -0.1) is 11.3 Å². The summed E-state index contributed by atoms with van der Waals surface area (Å²) in [5, 5.41) is 8.10. The third-order valence-corrected chi connectivity index (χ3v) is 4.14. The number of nitrogens with zero attached hydrogens (tertiary/aromatic N) is 1. The molecule has 0 aromatic carbocycles. The number of nitrogens with one attached hydrogen (secondary N) is 2. The van der Waals surface area contributed by atoms with Crippen molar-refractivity contribution in [3.8, 4) is 0 Å². The van der Waals surface area contributed by atoms with Gasteiger partial charge in [-0.3, -0.25) is 9.79 Å². The molecule has 6 heteroatoms. The Hall–Kier alpha value is -1.56. The van der Waals surface area contributed by atoms with Gasteiger partial charge < -0.3 is 16.4 Å². The Bertz CT molecular complexity index is 457. The van der Waals surface area contributed by atoms with Crippen molar-refractivity contribution < 1.29 is 4.79 Å². The minimum atomic E-state index is -0.239. The molecule has 104 valence electrons. The fraction of sp³-hybridized carbons (Fsp3) is 0.538. The van der Waals surface area contributed by atoms with Crippen LogP contribution in [-0.2, 0) is 11.2 Å². The van der Waals surface area contributed by atoms with E-state index < -0.39 is 0 Å². The molecule has 0 aliphatic carbocycles. The van der Waals surface area contributed by atoms with Gasteiger partial charge in [0.05, 0.1) is 12.1 Å². The highest BCUT2D eigenvalue weighted by atomic mass is 32.1. The van der Waals surface area contributed by atoms with Crippen molar-refractivity contribution in [1.82, 2.24) is 10.6 Å². The van der Waals surface area contributed by atoms with Crippen molar-refractivity contribution in [3.05, 3.63) is 22.4 Å². The number of hydrogen-bond donors (Lipinski definition) is 3. The van der Waals surface area contributed by atoms with Crippen LogP contribution in [0.5, 0.6) is 0 Å². The van der Waals surface area contributed by atoms with Gasteiger partial charge in [-0.2, -0.15) is 0 Å². The van der Waals surface area contributed by atoms with Crippen LogP contribution in [0.3, 0.4) is 0 Å². The summed E-state index contributed by atoms with van der Waals surface area (Å²) in [5.41, 5.74) is 5.58. The zero-order valence-corrected chi connectivity index (χ0v) is 11.9. The normalized spacial score (nSPS) is 23.4. The third-order valence-electron chi connectivity index (χ3n) is 3.20. The Labute approximate surface area is 117 Å². The van der Waals surface area contributed by atoms with Gasteiger partial charge in [-0.1, -0.05) is 6.07 Å². The summed E-state index contributed by atoms with van der Waals surface area (Å²) in [4.78, 5) is 16.8. The van der Waals surface area contributed by atoms with E-state index in [0.29, 0.717) is 18.9 Å². The minimum absolute atomic E-state index is 0.0990. The number of thiophene rings is 1. The lowest BCUT2D eigenvalue weighted by Crippen LogP contribution is -2.43. The second-order valence-electron chi connectivity index (χ2n) is 5.07. The van der Waals surface area contributed by atoms with Crippen LogP contribution >= 0.6 is 11.3 Å². The van der Waals surface area contributed by atoms with E-state index in [2.05, 4.69) is 27.1 Å². The standard InChI is InChI=1S/C13H20N4OS/c1-13(6-4-11(18)17-13)9-16-12(14)15-7-5-10-3-2-8-19-10/h2-3,8H,4-7,9H2,1H3,(H,17,18)(H3,14,15,16). The molecule has 2 heterocycles. The lowest BCUT2D eigenvalue weighted by molar-refractivity contribution is -0.119. The first-order chi connectivity index (χ1) is 9.07. The molecule has 2 rings (SSSR count). The largest absolute Gasteiger partial charge is 0.370 e. The highest BCUT2D eigenvalue weighted by Gasteiger charge is 2.32. The van der Waals surface area contributed by atoms with Crippen molar-refractivity contribution in [2.45, 2.75) is 31.7 Å². The van der Waals surface area contributed by atoms with Crippen LogP contribution in [0.2, 0.25) is 0 Å². The highest BCUT2D eigenvalue weighted by Crippen LogP contribution is 2.19. The number of carbonyl (C=O) groups excluding carboxylic acids is 1. The van der Waals surface area contributed by atoms with Gasteiger partial charge in [0, 0.05) is 17.8 Å². The lowest BCUT2D eigenvalue weighted by atomic mass is 10.0. The number of rotatable bonds is 5. The Kier molecular flexibility index (Phi) is 4.42.